The van der Waals surface area contributed by atoms with E-state index in [-0.39, 0.29) is 11.7 Å². The van der Waals surface area contributed by atoms with Crippen LogP contribution < -0.4 is 15.1 Å². The molecule has 1 saturated heterocycles. The predicted octanol–water partition coefficient (Wildman–Crippen LogP) is 3.84. The smallest absolute Gasteiger partial charge is 0.251 e. The van der Waals surface area contributed by atoms with Crippen LogP contribution in [0.2, 0.25) is 0 Å². The van der Waals surface area contributed by atoms with Gasteiger partial charge in [0.2, 0.25) is 0 Å². The Hall–Kier alpha value is -3.15. The zero-order valence-corrected chi connectivity index (χ0v) is 16.6. The van der Waals surface area contributed by atoms with Gasteiger partial charge in [0.25, 0.3) is 5.91 Å². The van der Waals surface area contributed by atoms with E-state index < -0.39 is 0 Å². The number of amides is 1. The van der Waals surface area contributed by atoms with Crippen molar-refractivity contribution in [1.29, 1.82) is 0 Å². The highest BCUT2D eigenvalue weighted by molar-refractivity contribution is 6.01. The van der Waals surface area contributed by atoms with Crippen LogP contribution in [0.3, 0.4) is 0 Å². The Morgan fingerprint density at radius 1 is 1.03 bits per heavy atom. The highest BCUT2D eigenvalue weighted by Gasteiger charge is 2.20. The molecule has 0 spiro atoms. The molecule has 2 heterocycles. The number of fused-ring (bicyclic) bond motifs is 1. The molecule has 0 unspecified atom stereocenters. The second kappa shape index (κ2) is 8.47. The number of aromatic nitrogens is 1. The number of carbonyl (C=O) groups excluding carboxylic acids is 1. The van der Waals surface area contributed by atoms with Gasteiger partial charge in [-0.1, -0.05) is 13.0 Å². The van der Waals surface area contributed by atoms with Crippen LogP contribution in [0.5, 0.6) is 0 Å². The summed E-state index contributed by atoms with van der Waals surface area (Å²) in [5, 5.41) is 5.00. The Morgan fingerprint density at radius 2 is 1.76 bits per heavy atom. The third-order valence-corrected chi connectivity index (χ3v) is 5.31. The number of pyridine rings is 1. The fourth-order valence-corrected chi connectivity index (χ4v) is 3.72. The van der Waals surface area contributed by atoms with Crippen molar-refractivity contribution in [3.63, 3.8) is 0 Å². The number of benzene rings is 2. The van der Waals surface area contributed by atoms with E-state index in [0.717, 1.165) is 54.9 Å². The highest BCUT2D eigenvalue weighted by atomic mass is 19.1. The van der Waals surface area contributed by atoms with E-state index in [1.54, 1.807) is 0 Å². The molecule has 5 nitrogen and oxygen atoms in total. The van der Waals surface area contributed by atoms with Crippen LogP contribution in [0.15, 0.2) is 54.7 Å². The zero-order valence-electron chi connectivity index (χ0n) is 16.6. The number of piperazine rings is 1. The van der Waals surface area contributed by atoms with Crippen molar-refractivity contribution in [2.45, 2.75) is 13.3 Å². The lowest BCUT2D eigenvalue weighted by molar-refractivity contribution is 0.0954. The molecule has 29 heavy (non-hydrogen) atoms. The Kier molecular flexibility index (Phi) is 5.60. The third-order valence-electron chi connectivity index (χ3n) is 5.31. The molecule has 0 atom stereocenters. The molecular formula is C23H25FN4O. The van der Waals surface area contributed by atoms with Crippen molar-refractivity contribution in [1.82, 2.24) is 10.3 Å². The Bertz CT molecular complexity index is 997. The molecule has 1 amide bonds. The van der Waals surface area contributed by atoms with E-state index in [2.05, 4.69) is 20.1 Å². The van der Waals surface area contributed by atoms with Crippen molar-refractivity contribution in [2.75, 3.05) is 42.5 Å². The summed E-state index contributed by atoms with van der Waals surface area (Å²) < 4.78 is 13.2. The number of nitrogens with one attached hydrogen (secondary N) is 1. The van der Waals surface area contributed by atoms with Crippen molar-refractivity contribution in [3.8, 4) is 0 Å². The normalized spacial score (nSPS) is 14.3. The average molecular weight is 392 g/mol. The molecule has 1 N–H and O–H groups in total. The van der Waals surface area contributed by atoms with E-state index in [1.165, 1.54) is 12.1 Å². The fraction of sp³-hybridized carbons (Fsp3) is 0.304. The van der Waals surface area contributed by atoms with E-state index >= 15 is 0 Å². The SMILES string of the molecule is CCCNC(=O)c1ccc2ccnc(N3CCN(c4ccc(F)cc4)CC3)c2c1. The lowest BCUT2D eigenvalue weighted by Crippen LogP contribution is -2.46. The number of carbonyl (C=O) groups is 1. The topological polar surface area (TPSA) is 48.5 Å². The Balaban J connectivity index is 1.54. The van der Waals surface area contributed by atoms with Crippen LogP contribution in [-0.4, -0.2) is 43.6 Å². The summed E-state index contributed by atoms with van der Waals surface area (Å²) in [6.07, 6.45) is 2.73. The molecule has 0 bridgehead atoms. The second-order valence-corrected chi connectivity index (χ2v) is 7.28. The Morgan fingerprint density at radius 3 is 2.48 bits per heavy atom. The molecule has 1 aromatic heterocycles. The first kappa shape index (κ1) is 19.2. The van der Waals surface area contributed by atoms with Gasteiger partial charge in [-0.3, -0.25) is 4.79 Å². The largest absolute Gasteiger partial charge is 0.368 e. The average Bonchev–Trinajstić information content (AvgIpc) is 2.77. The van der Waals surface area contributed by atoms with E-state index in [1.807, 2.05) is 49.5 Å². The number of nitrogens with zero attached hydrogens (tertiary/aromatic N) is 3. The summed E-state index contributed by atoms with van der Waals surface area (Å²) in [5.74, 6) is 0.641. The standard InChI is InChI=1S/C23H25FN4O/c1-2-10-26-23(29)18-4-3-17-9-11-25-22(21(17)16-18)28-14-12-27(13-15-28)20-7-5-19(24)6-8-20/h3-9,11,16H,2,10,12-15H2,1H3,(H,26,29). The van der Waals surface area contributed by atoms with Crippen LogP contribution in [0.25, 0.3) is 10.8 Å². The molecule has 1 fully saturated rings. The van der Waals surface area contributed by atoms with Gasteiger partial charge in [0.15, 0.2) is 0 Å². The molecule has 2 aromatic carbocycles. The first-order valence-corrected chi connectivity index (χ1v) is 10.1. The summed E-state index contributed by atoms with van der Waals surface area (Å²) in [6.45, 7) is 6.00. The monoisotopic (exact) mass is 392 g/mol. The first-order chi connectivity index (χ1) is 14.2. The van der Waals surface area contributed by atoms with Crippen LogP contribution >= 0.6 is 0 Å². The van der Waals surface area contributed by atoms with Gasteiger partial charge in [0.05, 0.1) is 0 Å². The molecule has 150 valence electrons. The van der Waals surface area contributed by atoms with Gasteiger partial charge in [0.1, 0.15) is 11.6 Å². The minimum atomic E-state index is -0.217. The van der Waals surface area contributed by atoms with Gasteiger partial charge in [-0.05, 0) is 54.3 Å². The molecule has 4 rings (SSSR count). The molecule has 1 aliphatic heterocycles. The first-order valence-electron chi connectivity index (χ1n) is 10.1. The maximum absolute atomic E-state index is 13.2. The minimum absolute atomic E-state index is 0.0512. The molecule has 0 radical (unpaired) electrons. The zero-order chi connectivity index (χ0) is 20.2. The summed E-state index contributed by atoms with van der Waals surface area (Å²) in [4.78, 5) is 21.5. The van der Waals surface area contributed by atoms with Crippen LogP contribution in [-0.2, 0) is 0 Å². The molecule has 6 heteroatoms. The van der Waals surface area contributed by atoms with Crippen LogP contribution in [0, 0.1) is 5.82 Å². The lowest BCUT2D eigenvalue weighted by Gasteiger charge is -2.37. The summed E-state index contributed by atoms with van der Waals surface area (Å²) >= 11 is 0. The lowest BCUT2D eigenvalue weighted by atomic mass is 10.1. The van der Waals surface area contributed by atoms with E-state index in [9.17, 15) is 9.18 Å². The van der Waals surface area contributed by atoms with Crippen molar-refractivity contribution in [2.24, 2.45) is 0 Å². The Labute approximate surface area is 170 Å². The van der Waals surface area contributed by atoms with Crippen molar-refractivity contribution >= 4 is 28.2 Å². The number of anilines is 2. The predicted molar refractivity (Wildman–Crippen MR) is 115 cm³/mol. The van der Waals surface area contributed by atoms with Gasteiger partial charge < -0.3 is 15.1 Å². The molecule has 0 aliphatic carbocycles. The maximum atomic E-state index is 13.2. The van der Waals surface area contributed by atoms with Gasteiger partial charge in [-0.25, -0.2) is 9.37 Å². The molecule has 1 aliphatic rings. The van der Waals surface area contributed by atoms with Gasteiger partial charge >= 0.3 is 0 Å². The van der Waals surface area contributed by atoms with Crippen molar-refractivity contribution in [3.05, 3.63) is 66.1 Å². The van der Waals surface area contributed by atoms with Gasteiger partial charge in [-0.2, -0.15) is 0 Å². The highest BCUT2D eigenvalue weighted by Crippen LogP contribution is 2.27. The molecule has 3 aromatic rings. The maximum Gasteiger partial charge on any atom is 0.251 e. The third kappa shape index (κ3) is 4.16. The summed E-state index contributed by atoms with van der Waals surface area (Å²) in [7, 11) is 0. The number of hydrogen-bond donors (Lipinski definition) is 1. The van der Waals surface area contributed by atoms with Gasteiger partial charge in [-0.15, -0.1) is 0 Å². The number of halogens is 1. The minimum Gasteiger partial charge on any atom is -0.368 e. The fourth-order valence-electron chi connectivity index (χ4n) is 3.72. The van der Waals surface area contributed by atoms with Gasteiger partial charge in [0, 0.05) is 55.6 Å². The quantitative estimate of drug-likeness (QED) is 0.717. The summed E-state index contributed by atoms with van der Waals surface area (Å²) in [6, 6.07) is 14.4. The van der Waals surface area contributed by atoms with E-state index in [0.29, 0.717) is 12.1 Å². The van der Waals surface area contributed by atoms with E-state index in [4.69, 9.17) is 0 Å². The number of hydrogen-bond acceptors (Lipinski definition) is 4. The van der Waals surface area contributed by atoms with Crippen molar-refractivity contribution < 1.29 is 9.18 Å². The second-order valence-electron chi connectivity index (χ2n) is 7.28. The molecular weight excluding hydrogens is 367 g/mol. The summed E-state index contributed by atoms with van der Waals surface area (Å²) in [5.41, 5.74) is 1.69. The van der Waals surface area contributed by atoms with Crippen LogP contribution in [0.4, 0.5) is 15.9 Å². The van der Waals surface area contributed by atoms with Crippen LogP contribution in [0.1, 0.15) is 23.7 Å². The molecule has 0 saturated carbocycles. The number of rotatable bonds is 5.